The van der Waals surface area contributed by atoms with Crippen LogP contribution < -0.4 is 4.74 Å². The lowest BCUT2D eigenvalue weighted by Gasteiger charge is -2.35. The fourth-order valence-electron chi connectivity index (χ4n) is 3.43. The summed E-state index contributed by atoms with van der Waals surface area (Å²) in [5.41, 5.74) is 2.01. The number of guanidine groups is 1. The lowest BCUT2D eigenvalue weighted by Crippen LogP contribution is -2.47. The fourth-order valence-corrected chi connectivity index (χ4v) is 3.43. The summed E-state index contributed by atoms with van der Waals surface area (Å²) in [6.07, 6.45) is 0. The molecule has 0 saturated carbocycles. The number of aliphatic imine (C=N–C) groups is 1. The van der Waals surface area contributed by atoms with Gasteiger partial charge >= 0.3 is 0 Å². The van der Waals surface area contributed by atoms with E-state index in [0.29, 0.717) is 6.61 Å². The molecule has 2 aromatic rings. The van der Waals surface area contributed by atoms with E-state index in [1.54, 1.807) is 5.06 Å². The van der Waals surface area contributed by atoms with Crippen LogP contribution in [0.3, 0.4) is 0 Å². The Hall–Kier alpha value is -2.53. The van der Waals surface area contributed by atoms with E-state index in [1.807, 2.05) is 50.5 Å². The van der Waals surface area contributed by atoms with Crippen molar-refractivity contribution in [1.29, 1.82) is 0 Å². The van der Waals surface area contributed by atoms with Crippen LogP contribution in [0.1, 0.15) is 37.5 Å². The number of hydrogen-bond acceptors (Lipinski definition) is 5. The first-order valence-corrected chi connectivity index (χ1v) is 8.90. The van der Waals surface area contributed by atoms with Crippen molar-refractivity contribution in [1.82, 2.24) is 9.96 Å². The second-order valence-corrected chi connectivity index (χ2v) is 7.82. The number of ether oxygens (including phenoxy) is 1. The van der Waals surface area contributed by atoms with Crippen LogP contribution in [0.25, 0.3) is 0 Å². The summed E-state index contributed by atoms with van der Waals surface area (Å²) in [6.45, 7) is 6.98. The van der Waals surface area contributed by atoms with E-state index < -0.39 is 5.72 Å². The predicted octanol–water partition coefficient (Wildman–Crippen LogP) is 3.74. The Morgan fingerprint density at radius 1 is 1.04 bits per heavy atom. The Balaban J connectivity index is 1.97. The number of para-hydroxylation sites is 1. The smallest absolute Gasteiger partial charge is 0.243 e. The van der Waals surface area contributed by atoms with Gasteiger partial charge in [0, 0.05) is 25.2 Å². The molecule has 1 unspecified atom stereocenters. The lowest BCUT2D eigenvalue weighted by atomic mass is 9.91. The van der Waals surface area contributed by atoms with Crippen molar-refractivity contribution in [3.63, 3.8) is 0 Å². The first-order chi connectivity index (χ1) is 12.3. The molecule has 1 atom stereocenters. The number of benzene rings is 2. The van der Waals surface area contributed by atoms with Gasteiger partial charge in [0.05, 0.1) is 5.56 Å². The maximum atomic E-state index is 6.46. The fraction of sp³-hybridized carbons (Fsp3) is 0.381. The molecular formula is C21H25N3O2. The maximum Gasteiger partial charge on any atom is 0.243 e. The minimum absolute atomic E-state index is 0.0811. The molecule has 2 heterocycles. The van der Waals surface area contributed by atoms with E-state index in [9.17, 15) is 0 Å². The first-order valence-electron chi connectivity index (χ1n) is 8.90. The molecular weight excluding hydrogens is 326 g/mol. The highest BCUT2D eigenvalue weighted by atomic mass is 16.7. The molecule has 2 aliphatic heterocycles. The van der Waals surface area contributed by atoms with Gasteiger partial charge in [0.25, 0.3) is 0 Å². The van der Waals surface area contributed by atoms with Gasteiger partial charge in [-0.25, -0.2) is 14.9 Å². The average molecular weight is 351 g/mol. The molecule has 26 heavy (non-hydrogen) atoms. The monoisotopic (exact) mass is 351 g/mol. The largest absolute Gasteiger partial charge is 0.488 e. The van der Waals surface area contributed by atoms with Crippen LogP contribution in [0.15, 0.2) is 53.5 Å². The standard InChI is InChI=1S/C21H25N3O2/c1-20(2,3)23(4)19-22-21(26-24(19)5)16-11-7-6-10-15(16)14-25-18-13-9-8-12-17(18)21/h6-13H,14H2,1-5H3. The van der Waals surface area contributed by atoms with Crippen molar-refractivity contribution < 1.29 is 9.57 Å². The van der Waals surface area contributed by atoms with Crippen molar-refractivity contribution in [2.45, 2.75) is 38.6 Å². The average Bonchev–Trinajstić information content (AvgIpc) is 2.90. The molecule has 0 aromatic heterocycles. The summed E-state index contributed by atoms with van der Waals surface area (Å²) in [5, 5.41) is 1.77. The van der Waals surface area contributed by atoms with Crippen LogP contribution >= 0.6 is 0 Å². The van der Waals surface area contributed by atoms with Crippen molar-refractivity contribution >= 4 is 5.96 Å². The van der Waals surface area contributed by atoms with Crippen LogP contribution in [0, 0.1) is 0 Å². The van der Waals surface area contributed by atoms with Crippen LogP contribution in [-0.2, 0) is 17.2 Å². The summed E-state index contributed by atoms with van der Waals surface area (Å²) in [5.74, 6) is 1.60. The third kappa shape index (κ3) is 2.46. The van der Waals surface area contributed by atoms with Crippen molar-refractivity contribution in [3.05, 3.63) is 65.2 Å². The molecule has 0 radical (unpaired) electrons. The molecule has 5 nitrogen and oxygen atoms in total. The van der Waals surface area contributed by atoms with Crippen LogP contribution in [0.2, 0.25) is 0 Å². The van der Waals surface area contributed by atoms with Crippen LogP contribution in [0.5, 0.6) is 5.75 Å². The molecule has 0 aliphatic carbocycles. The topological polar surface area (TPSA) is 37.3 Å². The molecule has 0 saturated heterocycles. The van der Waals surface area contributed by atoms with E-state index >= 15 is 0 Å². The zero-order chi connectivity index (χ0) is 18.5. The van der Waals surface area contributed by atoms with Crippen LogP contribution in [-0.4, -0.2) is 35.6 Å². The Labute approximate surface area is 154 Å². The Morgan fingerprint density at radius 3 is 2.42 bits per heavy atom. The van der Waals surface area contributed by atoms with Gasteiger partial charge in [-0.3, -0.25) is 0 Å². The summed E-state index contributed by atoms with van der Waals surface area (Å²) >= 11 is 0. The van der Waals surface area contributed by atoms with Gasteiger partial charge < -0.3 is 9.64 Å². The molecule has 0 amide bonds. The van der Waals surface area contributed by atoms with Crippen molar-refractivity contribution in [2.75, 3.05) is 14.1 Å². The molecule has 1 spiro atoms. The predicted molar refractivity (Wildman–Crippen MR) is 102 cm³/mol. The third-order valence-electron chi connectivity index (χ3n) is 5.13. The summed E-state index contributed by atoms with van der Waals surface area (Å²) in [7, 11) is 3.95. The number of hydrogen-bond donors (Lipinski definition) is 0. The first kappa shape index (κ1) is 16.9. The summed E-state index contributed by atoms with van der Waals surface area (Å²) in [4.78, 5) is 13.7. The number of fused-ring (bicyclic) bond motifs is 4. The summed E-state index contributed by atoms with van der Waals surface area (Å²) < 4.78 is 6.08. The zero-order valence-electron chi connectivity index (χ0n) is 16.0. The molecule has 0 bridgehead atoms. The molecule has 5 heteroatoms. The SMILES string of the molecule is CN1OC2(N=C1N(C)C(C)(C)C)c1ccccc1COc1ccccc12. The molecule has 0 fully saturated rings. The Kier molecular flexibility index (Phi) is 3.74. The normalized spacial score (nSPS) is 21.6. The van der Waals surface area contributed by atoms with Crippen LogP contribution in [0.4, 0.5) is 0 Å². The minimum atomic E-state index is -0.937. The number of nitrogens with zero attached hydrogens (tertiary/aromatic N) is 3. The third-order valence-corrected chi connectivity index (χ3v) is 5.13. The molecule has 0 N–H and O–H groups in total. The number of hydroxylamine groups is 2. The summed E-state index contributed by atoms with van der Waals surface area (Å²) in [6, 6.07) is 16.2. The van der Waals surface area contributed by atoms with Gasteiger partial charge in [0.2, 0.25) is 11.7 Å². The second-order valence-electron chi connectivity index (χ2n) is 7.82. The van der Waals surface area contributed by atoms with Gasteiger partial charge in [-0.05, 0) is 38.5 Å². The van der Waals surface area contributed by atoms with E-state index in [0.717, 1.165) is 28.4 Å². The van der Waals surface area contributed by atoms with Gasteiger partial charge in [-0.2, -0.15) is 0 Å². The molecule has 2 aromatic carbocycles. The van der Waals surface area contributed by atoms with Gasteiger partial charge in [-0.15, -0.1) is 0 Å². The Morgan fingerprint density at radius 2 is 1.69 bits per heavy atom. The van der Waals surface area contributed by atoms with E-state index in [-0.39, 0.29) is 5.54 Å². The van der Waals surface area contributed by atoms with E-state index in [4.69, 9.17) is 14.6 Å². The van der Waals surface area contributed by atoms with E-state index in [2.05, 4.69) is 37.8 Å². The lowest BCUT2D eigenvalue weighted by molar-refractivity contribution is -0.156. The highest BCUT2D eigenvalue weighted by Crippen LogP contribution is 2.47. The quantitative estimate of drug-likeness (QED) is 0.724. The molecule has 4 rings (SSSR count). The molecule has 136 valence electrons. The zero-order valence-corrected chi connectivity index (χ0v) is 16.0. The highest BCUT2D eigenvalue weighted by molar-refractivity contribution is 5.82. The van der Waals surface area contributed by atoms with Gasteiger partial charge in [0.15, 0.2) is 0 Å². The minimum Gasteiger partial charge on any atom is -0.488 e. The number of rotatable bonds is 0. The molecule has 2 aliphatic rings. The van der Waals surface area contributed by atoms with Crippen molar-refractivity contribution in [2.24, 2.45) is 4.99 Å². The van der Waals surface area contributed by atoms with Gasteiger partial charge in [-0.1, -0.05) is 36.4 Å². The van der Waals surface area contributed by atoms with Gasteiger partial charge in [0.1, 0.15) is 12.4 Å². The highest BCUT2D eigenvalue weighted by Gasteiger charge is 2.49. The van der Waals surface area contributed by atoms with E-state index in [1.165, 1.54) is 0 Å². The Bertz CT molecular complexity index is 822. The maximum absolute atomic E-state index is 6.46. The second kappa shape index (κ2) is 5.74. The van der Waals surface area contributed by atoms with Crippen molar-refractivity contribution in [3.8, 4) is 5.75 Å².